The number of unbranched alkanes of at least 4 members (excludes halogenated alkanes) is 22. The number of carbonyl (C=O) groups excluding carboxylic acids is 2. The number of rotatable bonds is 39. The average Bonchev–Trinajstić information content (AvgIpc) is 3.11. The summed E-state index contributed by atoms with van der Waals surface area (Å²) in [5.41, 5.74) is 3.55. The highest BCUT2D eigenvalue weighted by Gasteiger charge is 2.21. The van der Waals surface area contributed by atoms with Gasteiger partial charge in [0.25, 0.3) is 7.82 Å². The van der Waals surface area contributed by atoms with Crippen molar-refractivity contribution in [3.05, 3.63) is 24.3 Å². The molecule has 0 spiro atoms. The number of ether oxygens (including phenoxy) is 2. The van der Waals surface area contributed by atoms with Gasteiger partial charge in [-0.15, -0.1) is 0 Å². The lowest BCUT2D eigenvalue weighted by atomic mass is 10.1. The molecule has 0 saturated carbocycles. The van der Waals surface area contributed by atoms with Crippen molar-refractivity contribution in [3.63, 3.8) is 0 Å². The van der Waals surface area contributed by atoms with Crippen LogP contribution in [-0.4, -0.2) is 44.4 Å². The standard InChI is InChI=1S/C41H78NO8P/c1-3-5-7-9-11-13-15-17-19-21-23-25-27-29-31-33-40(43)47-37-39(38-49-51(45,46)48-36-35-42)50-41(44)34-32-30-28-26-24-22-20-18-16-14-12-10-8-6-4-2/h17-20,39H,3-16,21-38,42H2,1-2H3,(H,45,46)/t39-/m0/s1. The molecule has 300 valence electrons. The molecule has 1 unspecified atom stereocenters. The second kappa shape index (κ2) is 38.2. The molecule has 10 heteroatoms. The van der Waals surface area contributed by atoms with E-state index in [-0.39, 0.29) is 32.6 Å². The Balaban J connectivity index is 4.20. The Hall–Kier alpha value is -1.51. The summed E-state index contributed by atoms with van der Waals surface area (Å²) in [7, 11) is -4.58. The fourth-order valence-electron chi connectivity index (χ4n) is 5.69. The highest BCUT2D eigenvalue weighted by Crippen LogP contribution is 2.38. The Morgan fingerprint density at radius 3 is 1.39 bits per heavy atom. The number of phosphoric ester groups is 1. The Kier molecular flexibility index (Phi) is 37.1. The largest absolute Gasteiger partial charge is 0.756 e. The summed E-state index contributed by atoms with van der Waals surface area (Å²) in [5.74, 6) is -0.863. The highest BCUT2D eigenvalue weighted by molar-refractivity contribution is 7.45. The van der Waals surface area contributed by atoms with E-state index in [0.717, 1.165) is 70.6 Å². The van der Waals surface area contributed by atoms with Gasteiger partial charge in [0.1, 0.15) is 13.2 Å². The lowest BCUT2D eigenvalue weighted by Crippen LogP contribution is -2.52. The van der Waals surface area contributed by atoms with E-state index in [0.29, 0.717) is 6.42 Å². The molecule has 0 aromatic heterocycles. The molecular weight excluding hydrogens is 665 g/mol. The summed E-state index contributed by atoms with van der Waals surface area (Å²) < 4.78 is 32.5. The zero-order chi connectivity index (χ0) is 37.5. The molecule has 2 atom stereocenters. The molecule has 0 aliphatic rings. The topological polar surface area (TPSA) is 139 Å². The van der Waals surface area contributed by atoms with Crippen LogP contribution in [0.3, 0.4) is 0 Å². The highest BCUT2D eigenvalue weighted by atomic mass is 31.2. The fourth-order valence-corrected chi connectivity index (χ4v) is 6.46. The van der Waals surface area contributed by atoms with Crippen molar-refractivity contribution >= 4 is 19.8 Å². The van der Waals surface area contributed by atoms with Gasteiger partial charge in [0.2, 0.25) is 0 Å². The number of phosphoric acid groups is 1. The van der Waals surface area contributed by atoms with Gasteiger partial charge in [-0.2, -0.15) is 0 Å². The van der Waals surface area contributed by atoms with Gasteiger partial charge >= 0.3 is 11.9 Å². The molecule has 0 radical (unpaired) electrons. The van der Waals surface area contributed by atoms with Crippen LogP contribution in [0.5, 0.6) is 0 Å². The van der Waals surface area contributed by atoms with Crippen LogP contribution in [-0.2, 0) is 32.7 Å². The Morgan fingerprint density at radius 1 is 0.569 bits per heavy atom. The Morgan fingerprint density at radius 2 is 0.961 bits per heavy atom. The predicted molar refractivity (Wildman–Crippen MR) is 207 cm³/mol. The van der Waals surface area contributed by atoms with E-state index < -0.39 is 32.5 Å². The first-order valence-electron chi connectivity index (χ1n) is 20.9. The number of quaternary nitrogens is 1. The first kappa shape index (κ1) is 49.5. The zero-order valence-electron chi connectivity index (χ0n) is 32.9. The van der Waals surface area contributed by atoms with Crippen molar-refractivity contribution in [3.8, 4) is 0 Å². The van der Waals surface area contributed by atoms with Crippen molar-refractivity contribution in [2.45, 2.75) is 200 Å². The Labute approximate surface area is 312 Å². The minimum absolute atomic E-state index is 0.106. The molecule has 0 aliphatic carbocycles. The molecule has 0 aromatic rings. The average molecular weight is 744 g/mol. The van der Waals surface area contributed by atoms with Crippen LogP contribution in [0.1, 0.15) is 194 Å². The van der Waals surface area contributed by atoms with E-state index in [4.69, 9.17) is 18.5 Å². The van der Waals surface area contributed by atoms with E-state index >= 15 is 0 Å². The van der Waals surface area contributed by atoms with Gasteiger partial charge in [0.05, 0.1) is 13.2 Å². The van der Waals surface area contributed by atoms with Gasteiger partial charge < -0.3 is 29.1 Å². The van der Waals surface area contributed by atoms with Crippen LogP contribution in [0, 0.1) is 0 Å². The van der Waals surface area contributed by atoms with Gasteiger partial charge in [-0.3, -0.25) is 14.2 Å². The molecule has 0 bridgehead atoms. The summed E-state index contributed by atoms with van der Waals surface area (Å²) in [6.07, 6.45) is 39.1. The molecule has 0 rings (SSSR count). The molecule has 0 amide bonds. The van der Waals surface area contributed by atoms with E-state index in [1.807, 2.05) is 0 Å². The van der Waals surface area contributed by atoms with Gasteiger partial charge in [0.15, 0.2) is 6.10 Å². The maximum atomic E-state index is 12.5. The second-order valence-corrected chi connectivity index (χ2v) is 15.3. The quantitative estimate of drug-likeness (QED) is 0.0284. The van der Waals surface area contributed by atoms with Gasteiger partial charge in [0, 0.05) is 12.8 Å². The van der Waals surface area contributed by atoms with Gasteiger partial charge in [-0.05, 0) is 64.2 Å². The fraction of sp³-hybridized carbons (Fsp3) is 0.854. The Bertz CT molecular complexity index is 897. The van der Waals surface area contributed by atoms with Crippen LogP contribution in [0.25, 0.3) is 0 Å². The first-order valence-corrected chi connectivity index (χ1v) is 22.3. The van der Waals surface area contributed by atoms with Crippen LogP contribution in [0.4, 0.5) is 0 Å². The molecule has 0 aliphatic heterocycles. The van der Waals surface area contributed by atoms with Crippen molar-refractivity contribution in [2.24, 2.45) is 0 Å². The van der Waals surface area contributed by atoms with Crippen molar-refractivity contribution in [1.29, 1.82) is 0 Å². The third-order valence-electron chi connectivity index (χ3n) is 8.83. The van der Waals surface area contributed by atoms with Crippen molar-refractivity contribution in [1.82, 2.24) is 0 Å². The zero-order valence-corrected chi connectivity index (χ0v) is 33.8. The minimum atomic E-state index is -4.58. The SMILES string of the molecule is CCCCCCCCC=CCCCCCCCC(=O)OC[C@@H](COP(=O)([O-])OCC[NH3+])OC(=O)CCCCCCCC=CCCCCCCCC. The van der Waals surface area contributed by atoms with Crippen LogP contribution in [0.2, 0.25) is 0 Å². The third-order valence-corrected chi connectivity index (χ3v) is 9.79. The van der Waals surface area contributed by atoms with Crippen molar-refractivity contribution < 1.29 is 43.3 Å². The van der Waals surface area contributed by atoms with Crippen LogP contribution in [0.15, 0.2) is 24.3 Å². The van der Waals surface area contributed by atoms with Crippen LogP contribution >= 0.6 is 7.82 Å². The molecule has 0 saturated heterocycles. The molecule has 9 nitrogen and oxygen atoms in total. The van der Waals surface area contributed by atoms with Crippen LogP contribution < -0.4 is 10.6 Å². The van der Waals surface area contributed by atoms with Gasteiger partial charge in [-0.25, -0.2) is 0 Å². The first-order chi connectivity index (χ1) is 24.8. The number of hydrogen-bond acceptors (Lipinski definition) is 8. The van der Waals surface area contributed by atoms with Gasteiger partial charge in [-0.1, -0.05) is 141 Å². The van der Waals surface area contributed by atoms with E-state index in [9.17, 15) is 19.0 Å². The molecule has 51 heavy (non-hydrogen) atoms. The van der Waals surface area contributed by atoms with Crippen molar-refractivity contribution in [2.75, 3.05) is 26.4 Å². The summed E-state index contributed by atoms with van der Waals surface area (Å²) in [4.78, 5) is 36.9. The molecule has 0 aromatic carbocycles. The normalized spacial score (nSPS) is 13.6. The number of allylic oxidation sites excluding steroid dienone is 4. The minimum Gasteiger partial charge on any atom is -0.756 e. The molecule has 3 N–H and O–H groups in total. The number of esters is 2. The monoisotopic (exact) mass is 744 g/mol. The lowest BCUT2D eigenvalue weighted by molar-refractivity contribution is -0.373. The van der Waals surface area contributed by atoms with E-state index in [1.54, 1.807) is 0 Å². The summed E-state index contributed by atoms with van der Waals surface area (Å²) in [5, 5.41) is 0. The molecular formula is C41H78NO8P. The second-order valence-electron chi connectivity index (χ2n) is 13.9. The third kappa shape index (κ3) is 38.0. The molecule has 0 fully saturated rings. The summed E-state index contributed by atoms with van der Waals surface area (Å²) in [6, 6.07) is 0. The number of carbonyl (C=O) groups is 2. The number of hydrogen-bond donors (Lipinski definition) is 1. The molecule has 0 heterocycles. The maximum absolute atomic E-state index is 12.5. The summed E-state index contributed by atoms with van der Waals surface area (Å²) in [6.45, 7) is 3.91. The van der Waals surface area contributed by atoms with E-state index in [1.165, 1.54) is 89.9 Å². The maximum Gasteiger partial charge on any atom is 0.306 e. The van der Waals surface area contributed by atoms with E-state index in [2.05, 4.69) is 43.9 Å². The smallest absolute Gasteiger partial charge is 0.306 e. The lowest BCUT2D eigenvalue weighted by Gasteiger charge is -2.25. The predicted octanol–water partition coefficient (Wildman–Crippen LogP) is 10.3. The summed E-state index contributed by atoms with van der Waals surface area (Å²) >= 11 is 0.